The highest BCUT2D eigenvalue weighted by molar-refractivity contribution is 6.54. The third kappa shape index (κ3) is 2.93. The second-order valence-corrected chi connectivity index (χ2v) is 6.11. The predicted octanol–water partition coefficient (Wildman–Crippen LogP) is 3.81. The minimum absolute atomic E-state index is 0.241. The molecule has 0 saturated carbocycles. The van der Waals surface area contributed by atoms with Crippen molar-refractivity contribution in [3.8, 4) is 0 Å². The van der Waals surface area contributed by atoms with Crippen LogP contribution in [0.3, 0.4) is 0 Å². The average molecular weight is 258 g/mol. The van der Waals surface area contributed by atoms with Crippen molar-refractivity contribution < 1.29 is 9.31 Å². The maximum atomic E-state index is 6.10. The van der Waals surface area contributed by atoms with Gasteiger partial charge in [0.15, 0.2) is 0 Å². The van der Waals surface area contributed by atoms with E-state index < -0.39 is 0 Å². The summed E-state index contributed by atoms with van der Waals surface area (Å²) in [4.78, 5) is 0. The lowest BCUT2D eigenvalue weighted by Gasteiger charge is -2.32. The van der Waals surface area contributed by atoms with Gasteiger partial charge in [0, 0.05) is 0 Å². The molecule has 2 nitrogen and oxygen atoms in total. The Kier molecular flexibility index (Phi) is 3.89. The summed E-state index contributed by atoms with van der Waals surface area (Å²) in [6.45, 7) is 10.4. The largest absolute Gasteiger partial charge is 0.490 e. The van der Waals surface area contributed by atoms with E-state index in [-0.39, 0.29) is 18.3 Å². The second-order valence-electron chi connectivity index (χ2n) is 6.11. The molecule has 102 valence electrons. The summed E-state index contributed by atoms with van der Waals surface area (Å²) in [7, 11) is -0.241. The van der Waals surface area contributed by atoms with Crippen LogP contribution in [-0.4, -0.2) is 18.3 Å². The van der Waals surface area contributed by atoms with Crippen molar-refractivity contribution in [1.82, 2.24) is 0 Å². The molecule has 0 unspecified atom stereocenters. The molecule has 1 fully saturated rings. The van der Waals surface area contributed by atoms with Crippen LogP contribution in [0.15, 0.2) is 41.9 Å². The van der Waals surface area contributed by atoms with Gasteiger partial charge in [-0.25, -0.2) is 0 Å². The van der Waals surface area contributed by atoms with E-state index in [4.69, 9.17) is 9.31 Å². The second kappa shape index (κ2) is 5.14. The van der Waals surface area contributed by atoms with E-state index in [9.17, 15) is 0 Å². The van der Waals surface area contributed by atoms with Gasteiger partial charge < -0.3 is 9.31 Å². The normalized spacial score (nSPS) is 21.7. The van der Waals surface area contributed by atoms with E-state index in [0.29, 0.717) is 0 Å². The molecule has 0 radical (unpaired) electrons. The van der Waals surface area contributed by atoms with Crippen LogP contribution in [0.1, 0.15) is 40.2 Å². The topological polar surface area (TPSA) is 18.5 Å². The molecule has 1 aliphatic heterocycles. The summed E-state index contributed by atoms with van der Waals surface area (Å²) >= 11 is 0. The first-order valence-corrected chi connectivity index (χ1v) is 6.90. The Hall–Kier alpha value is -1.06. The van der Waals surface area contributed by atoms with Gasteiger partial charge in [-0.3, -0.25) is 0 Å². The Morgan fingerprint density at radius 2 is 1.58 bits per heavy atom. The Labute approximate surface area is 117 Å². The quantitative estimate of drug-likeness (QED) is 0.767. The molecule has 3 heteroatoms. The molecule has 0 spiro atoms. The zero-order valence-electron chi connectivity index (χ0n) is 12.6. The zero-order chi connectivity index (χ0) is 14.1. The SMILES string of the molecule is C/C=C(/Cc1ccccc1)B1OC(C)(C)C(C)(C)O1. The van der Waals surface area contributed by atoms with Crippen molar-refractivity contribution in [3.63, 3.8) is 0 Å². The van der Waals surface area contributed by atoms with E-state index in [1.807, 2.05) is 13.0 Å². The standard InChI is InChI=1S/C16H23BO2/c1-6-14(12-13-10-8-7-9-11-13)17-18-15(2,3)16(4,5)19-17/h6-11H,12H2,1-5H3/b14-6-. The first-order chi connectivity index (χ1) is 8.86. The van der Waals surface area contributed by atoms with Crippen LogP contribution in [0.5, 0.6) is 0 Å². The van der Waals surface area contributed by atoms with E-state index in [1.54, 1.807) is 0 Å². The fourth-order valence-corrected chi connectivity index (χ4v) is 2.15. The van der Waals surface area contributed by atoms with Gasteiger partial charge >= 0.3 is 7.12 Å². The van der Waals surface area contributed by atoms with Crippen molar-refractivity contribution in [3.05, 3.63) is 47.4 Å². The van der Waals surface area contributed by atoms with Crippen LogP contribution in [-0.2, 0) is 15.7 Å². The third-order valence-electron chi connectivity index (χ3n) is 4.18. The molecule has 1 aromatic rings. The van der Waals surface area contributed by atoms with Crippen molar-refractivity contribution in [2.24, 2.45) is 0 Å². The average Bonchev–Trinajstić information content (AvgIpc) is 2.56. The van der Waals surface area contributed by atoms with E-state index >= 15 is 0 Å². The highest BCUT2D eigenvalue weighted by atomic mass is 16.7. The third-order valence-corrected chi connectivity index (χ3v) is 4.18. The molecule has 0 N–H and O–H groups in total. The van der Waals surface area contributed by atoms with Gasteiger partial charge in [0.25, 0.3) is 0 Å². The maximum absolute atomic E-state index is 6.10. The lowest BCUT2D eigenvalue weighted by atomic mass is 9.74. The van der Waals surface area contributed by atoms with Gasteiger partial charge in [0.1, 0.15) is 0 Å². The molecule has 19 heavy (non-hydrogen) atoms. The Morgan fingerprint density at radius 3 is 2.05 bits per heavy atom. The number of hydrogen-bond acceptors (Lipinski definition) is 2. The molecule has 1 saturated heterocycles. The van der Waals surface area contributed by atoms with Crippen molar-refractivity contribution in [1.29, 1.82) is 0 Å². The minimum atomic E-state index is -0.275. The number of hydrogen-bond donors (Lipinski definition) is 0. The van der Waals surface area contributed by atoms with Gasteiger partial charge in [-0.1, -0.05) is 36.4 Å². The highest BCUT2D eigenvalue weighted by Crippen LogP contribution is 2.38. The minimum Gasteiger partial charge on any atom is -0.400 e. The van der Waals surface area contributed by atoms with Gasteiger partial charge in [-0.05, 0) is 52.1 Å². The Balaban J connectivity index is 2.13. The monoisotopic (exact) mass is 258 g/mol. The van der Waals surface area contributed by atoms with Crippen LogP contribution >= 0.6 is 0 Å². The van der Waals surface area contributed by atoms with Crippen LogP contribution in [0, 0.1) is 0 Å². The smallest absolute Gasteiger partial charge is 0.400 e. The summed E-state index contributed by atoms with van der Waals surface area (Å²) in [6.07, 6.45) is 2.98. The molecule has 0 aliphatic carbocycles. The number of rotatable bonds is 3. The molecule has 1 heterocycles. The number of allylic oxidation sites excluding steroid dienone is 2. The van der Waals surface area contributed by atoms with E-state index in [1.165, 1.54) is 11.0 Å². The lowest BCUT2D eigenvalue weighted by molar-refractivity contribution is 0.00578. The van der Waals surface area contributed by atoms with E-state index in [0.717, 1.165) is 6.42 Å². The molecular formula is C16H23BO2. The van der Waals surface area contributed by atoms with Crippen LogP contribution in [0.4, 0.5) is 0 Å². The molecule has 1 aliphatic rings. The summed E-state index contributed by atoms with van der Waals surface area (Å²) in [5.41, 5.74) is 1.92. The van der Waals surface area contributed by atoms with Crippen molar-refractivity contribution in [2.75, 3.05) is 0 Å². The summed E-state index contributed by atoms with van der Waals surface area (Å²) in [5, 5.41) is 0. The van der Waals surface area contributed by atoms with Crippen LogP contribution in [0.2, 0.25) is 0 Å². The fourth-order valence-electron chi connectivity index (χ4n) is 2.15. The lowest BCUT2D eigenvalue weighted by Crippen LogP contribution is -2.41. The first kappa shape index (κ1) is 14.4. The molecule has 2 rings (SSSR count). The fraction of sp³-hybridized carbons (Fsp3) is 0.500. The molecule has 0 atom stereocenters. The van der Waals surface area contributed by atoms with Crippen molar-refractivity contribution in [2.45, 2.75) is 52.2 Å². The molecule has 0 aromatic heterocycles. The van der Waals surface area contributed by atoms with Crippen LogP contribution < -0.4 is 0 Å². The van der Waals surface area contributed by atoms with Crippen molar-refractivity contribution >= 4 is 7.12 Å². The number of benzene rings is 1. The Bertz CT molecular complexity index is 447. The zero-order valence-corrected chi connectivity index (χ0v) is 12.6. The van der Waals surface area contributed by atoms with Gasteiger partial charge in [0.2, 0.25) is 0 Å². The molecule has 0 amide bonds. The summed E-state index contributed by atoms with van der Waals surface area (Å²) < 4.78 is 12.2. The summed E-state index contributed by atoms with van der Waals surface area (Å²) in [5.74, 6) is 0. The molecule has 1 aromatic carbocycles. The first-order valence-electron chi connectivity index (χ1n) is 6.90. The Morgan fingerprint density at radius 1 is 1.05 bits per heavy atom. The van der Waals surface area contributed by atoms with Gasteiger partial charge in [-0.15, -0.1) is 0 Å². The highest BCUT2D eigenvalue weighted by Gasteiger charge is 2.52. The van der Waals surface area contributed by atoms with Gasteiger partial charge in [-0.2, -0.15) is 0 Å². The predicted molar refractivity (Wildman–Crippen MR) is 80.0 cm³/mol. The summed E-state index contributed by atoms with van der Waals surface area (Å²) in [6, 6.07) is 10.4. The van der Waals surface area contributed by atoms with Crippen LogP contribution in [0.25, 0.3) is 0 Å². The molecular weight excluding hydrogens is 235 g/mol. The van der Waals surface area contributed by atoms with Gasteiger partial charge in [0.05, 0.1) is 11.2 Å². The maximum Gasteiger partial charge on any atom is 0.490 e. The van der Waals surface area contributed by atoms with E-state index in [2.05, 4.69) is 58.0 Å². The molecule has 0 bridgehead atoms.